The number of carbonyl (C=O) groups excluding carboxylic acids is 2. The Labute approximate surface area is 192 Å². The molecule has 4 rings (SSSR count). The van der Waals surface area contributed by atoms with Crippen molar-refractivity contribution in [3.05, 3.63) is 82.9 Å². The van der Waals surface area contributed by atoms with Crippen molar-refractivity contribution in [2.24, 2.45) is 0 Å². The molecule has 0 bridgehead atoms. The lowest BCUT2D eigenvalue weighted by Crippen LogP contribution is -2.39. The molecule has 0 aliphatic carbocycles. The van der Waals surface area contributed by atoms with E-state index in [1.807, 2.05) is 36.2 Å². The highest BCUT2D eigenvalue weighted by Gasteiger charge is 2.27. The van der Waals surface area contributed by atoms with Gasteiger partial charge in [-0.15, -0.1) is 0 Å². The summed E-state index contributed by atoms with van der Waals surface area (Å²) in [6.45, 7) is 4.92. The number of rotatable bonds is 6. The number of likely N-dealkylation sites (tertiary alicyclic amines) is 1. The minimum atomic E-state index is -0.00186. The van der Waals surface area contributed by atoms with Crippen molar-refractivity contribution in [3.8, 4) is 0 Å². The number of hydrogen-bond donors (Lipinski definition) is 0. The second kappa shape index (κ2) is 10.0. The molecule has 1 atom stereocenters. The van der Waals surface area contributed by atoms with Gasteiger partial charge in [0.1, 0.15) is 0 Å². The van der Waals surface area contributed by atoms with E-state index in [-0.39, 0.29) is 17.6 Å². The van der Waals surface area contributed by atoms with Gasteiger partial charge < -0.3 is 4.90 Å². The topological polar surface area (TPSA) is 76.1 Å². The first-order valence-corrected chi connectivity index (χ1v) is 11.8. The van der Waals surface area contributed by atoms with Gasteiger partial charge in [0.25, 0.3) is 5.91 Å². The number of thioether (sulfide) groups is 1. The molecule has 1 amide bonds. The highest BCUT2D eigenvalue weighted by Crippen LogP contribution is 2.30. The molecular formula is C25H26N4O2S. The Kier molecular flexibility index (Phi) is 6.95. The van der Waals surface area contributed by atoms with Crippen molar-refractivity contribution in [1.29, 1.82) is 0 Å². The van der Waals surface area contributed by atoms with Crippen molar-refractivity contribution >= 4 is 23.5 Å². The molecular weight excluding hydrogens is 420 g/mol. The van der Waals surface area contributed by atoms with Crippen LogP contribution in [0.2, 0.25) is 0 Å². The summed E-state index contributed by atoms with van der Waals surface area (Å²) < 4.78 is 0. The van der Waals surface area contributed by atoms with Crippen molar-refractivity contribution in [2.75, 3.05) is 13.1 Å². The van der Waals surface area contributed by atoms with E-state index in [9.17, 15) is 9.59 Å². The van der Waals surface area contributed by atoms with E-state index in [1.165, 1.54) is 6.92 Å². The van der Waals surface area contributed by atoms with E-state index >= 15 is 0 Å². The maximum absolute atomic E-state index is 13.1. The van der Waals surface area contributed by atoms with Gasteiger partial charge in [-0.05, 0) is 56.5 Å². The monoisotopic (exact) mass is 446 g/mol. The lowest BCUT2D eigenvalue weighted by molar-refractivity contribution is 0.0705. The Morgan fingerprint density at radius 2 is 1.88 bits per heavy atom. The van der Waals surface area contributed by atoms with Gasteiger partial charge in [0.15, 0.2) is 10.9 Å². The molecule has 1 aromatic carbocycles. The Morgan fingerprint density at radius 3 is 2.59 bits per heavy atom. The molecule has 164 valence electrons. The fourth-order valence-corrected chi connectivity index (χ4v) is 4.70. The number of aryl methyl sites for hydroxylation is 1. The predicted molar refractivity (Wildman–Crippen MR) is 125 cm³/mol. The van der Waals surface area contributed by atoms with E-state index in [0.29, 0.717) is 17.7 Å². The summed E-state index contributed by atoms with van der Waals surface area (Å²) in [5.41, 5.74) is 4.30. The van der Waals surface area contributed by atoms with Gasteiger partial charge in [0.2, 0.25) is 0 Å². The van der Waals surface area contributed by atoms with Crippen LogP contribution in [0.3, 0.4) is 0 Å². The van der Waals surface area contributed by atoms with E-state index in [0.717, 1.165) is 47.2 Å². The highest BCUT2D eigenvalue weighted by atomic mass is 32.2. The molecule has 0 radical (unpaired) electrons. The summed E-state index contributed by atoms with van der Waals surface area (Å²) in [6, 6.07) is 12.8. The summed E-state index contributed by atoms with van der Waals surface area (Å²) in [4.78, 5) is 40.2. The summed E-state index contributed by atoms with van der Waals surface area (Å²) >= 11 is 1.58. The van der Waals surface area contributed by atoms with Crippen molar-refractivity contribution in [3.63, 3.8) is 0 Å². The smallest absolute Gasteiger partial charge is 0.253 e. The van der Waals surface area contributed by atoms with Gasteiger partial charge in [0, 0.05) is 48.3 Å². The van der Waals surface area contributed by atoms with Gasteiger partial charge >= 0.3 is 0 Å². The van der Waals surface area contributed by atoms with Crippen LogP contribution in [0.15, 0.2) is 60.0 Å². The van der Waals surface area contributed by atoms with E-state index in [4.69, 9.17) is 4.98 Å². The summed E-state index contributed by atoms with van der Waals surface area (Å²) in [7, 11) is 0. The zero-order chi connectivity index (χ0) is 22.5. The molecule has 3 aromatic rings. The minimum absolute atomic E-state index is 0.00117. The van der Waals surface area contributed by atoms with Gasteiger partial charge in [-0.3, -0.25) is 14.6 Å². The largest absolute Gasteiger partial charge is 0.338 e. The van der Waals surface area contributed by atoms with Crippen LogP contribution in [0, 0.1) is 6.92 Å². The Bertz CT molecular complexity index is 1100. The van der Waals surface area contributed by atoms with Crippen molar-refractivity contribution in [2.45, 2.75) is 43.5 Å². The second-order valence-corrected chi connectivity index (χ2v) is 9.00. The molecule has 6 nitrogen and oxygen atoms in total. The number of nitrogens with zero attached hydrogens (tertiary/aromatic N) is 4. The van der Waals surface area contributed by atoms with Crippen molar-refractivity contribution in [1.82, 2.24) is 19.9 Å². The predicted octanol–water partition coefficient (Wildman–Crippen LogP) is 4.69. The zero-order valence-electron chi connectivity index (χ0n) is 18.3. The number of aromatic nitrogens is 3. The molecule has 7 heteroatoms. The fourth-order valence-electron chi connectivity index (χ4n) is 3.96. The minimum Gasteiger partial charge on any atom is -0.338 e. The van der Waals surface area contributed by atoms with Crippen LogP contribution < -0.4 is 0 Å². The van der Waals surface area contributed by atoms with Gasteiger partial charge in [-0.25, -0.2) is 9.97 Å². The first-order chi connectivity index (χ1) is 15.5. The average molecular weight is 447 g/mol. The third-order valence-electron chi connectivity index (χ3n) is 5.70. The molecule has 1 aliphatic heterocycles. The average Bonchev–Trinajstić information content (AvgIpc) is 2.84. The van der Waals surface area contributed by atoms with E-state index < -0.39 is 0 Å². The lowest BCUT2D eigenvalue weighted by Gasteiger charge is -2.33. The number of amides is 1. The Balaban J connectivity index is 1.46. The molecule has 1 aliphatic rings. The number of pyridine rings is 1. The fraction of sp³-hybridized carbons (Fsp3) is 0.320. The second-order valence-electron chi connectivity index (χ2n) is 8.05. The first-order valence-electron chi connectivity index (χ1n) is 10.8. The number of hydrogen-bond acceptors (Lipinski definition) is 6. The summed E-state index contributed by atoms with van der Waals surface area (Å²) in [5, 5.41) is 0.736. The van der Waals surface area contributed by atoms with Gasteiger partial charge in [-0.2, -0.15) is 0 Å². The normalized spacial score (nSPS) is 16.1. The number of carbonyl (C=O) groups is 2. The van der Waals surface area contributed by atoms with Crippen LogP contribution in [0.25, 0.3) is 0 Å². The molecule has 0 spiro atoms. The molecule has 1 saturated heterocycles. The third kappa shape index (κ3) is 5.22. The highest BCUT2D eigenvalue weighted by molar-refractivity contribution is 7.98. The molecule has 3 heterocycles. The van der Waals surface area contributed by atoms with E-state index in [1.54, 1.807) is 42.2 Å². The molecule has 32 heavy (non-hydrogen) atoms. The SMILES string of the molecule is CC(=O)c1ccc(C(=O)N2CCCC(c3nc(SCc4ccccn4)ncc3C)C2)cc1. The lowest BCUT2D eigenvalue weighted by atomic mass is 9.92. The summed E-state index contributed by atoms with van der Waals surface area (Å²) in [6.07, 6.45) is 5.60. The number of benzene rings is 1. The maximum Gasteiger partial charge on any atom is 0.253 e. The van der Waals surface area contributed by atoms with Crippen LogP contribution in [-0.2, 0) is 5.75 Å². The quantitative estimate of drug-likeness (QED) is 0.310. The van der Waals surface area contributed by atoms with Crippen LogP contribution in [-0.4, -0.2) is 44.6 Å². The molecule has 1 fully saturated rings. The number of piperidine rings is 1. The molecule has 0 N–H and O–H groups in total. The first kappa shape index (κ1) is 22.1. The molecule has 2 aromatic heterocycles. The van der Waals surface area contributed by atoms with Crippen LogP contribution in [0.5, 0.6) is 0 Å². The van der Waals surface area contributed by atoms with Gasteiger partial charge in [-0.1, -0.05) is 30.0 Å². The van der Waals surface area contributed by atoms with Crippen LogP contribution in [0.4, 0.5) is 0 Å². The molecule has 0 saturated carbocycles. The van der Waals surface area contributed by atoms with Crippen LogP contribution in [0.1, 0.15) is 63.4 Å². The van der Waals surface area contributed by atoms with Gasteiger partial charge in [0.05, 0.1) is 11.4 Å². The van der Waals surface area contributed by atoms with Crippen LogP contribution >= 0.6 is 11.8 Å². The summed E-state index contributed by atoms with van der Waals surface area (Å²) in [5.74, 6) is 0.898. The number of Topliss-reactive ketones (excluding diaryl/α,β-unsaturated/α-hetero) is 1. The standard InChI is InChI=1S/C25H26N4O2S/c1-17-14-27-25(32-16-22-7-3-4-12-26-22)28-23(17)21-6-5-13-29(15-21)24(31)20-10-8-19(9-11-20)18(2)30/h3-4,7-12,14,21H,5-6,13,15-16H2,1-2H3. The maximum atomic E-state index is 13.1. The van der Waals surface area contributed by atoms with E-state index in [2.05, 4.69) is 9.97 Å². The third-order valence-corrected chi connectivity index (χ3v) is 6.59. The van der Waals surface area contributed by atoms with Crippen molar-refractivity contribution < 1.29 is 9.59 Å². The Hall–Kier alpha value is -3.06. The molecule has 1 unspecified atom stereocenters. The number of ketones is 1. The zero-order valence-corrected chi connectivity index (χ0v) is 19.1. The Morgan fingerprint density at radius 1 is 1.09 bits per heavy atom.